The summed E-state index contributed by atoms with van der Waals surface area (Å²) in [6.45, 7) is 2.87. The van der Waals surface area contributed by atoms with Gasteiger partial charge in [0.15, 0.2) is 0 Å². The zero-order valence-electron chi connectivity index (χ0n) is 11.2. The highest BCUT2D eigenvalue weighted by Crippen LogP contribution is 2.27. The zero-order valence-corrected chi connectivity index (χ0v) is 13.6. The van der Waals surface area contributed by atoms with Gasteiger partial charge in [-0.25, -0.2) is 0 Å². The second-order valence-electron chi connectivity index (χ2n) is 4.07. The Labute approximate surface area is 125 Å². The lowest BCUT2D eigenvalue weighted by molar-refractivity contribution is -0.121. The molecule has 0 radical (unpaired) electrons. The number of nitrogens with one attached hydrogen (secondary N) is 1. The topological polar surface area (TPSA) is 58.6 Å². The number of hydrogen-bond donors (Lipinski definition) is 1. The van der Waals surface area contributed by atoms with Crippen LogP contribution in [0.2, 0.25) is 0 Å². The number of nitrogens with zero attached hydrogens (tertiary/aromatic N) is 1. The van der Waals surface area contributed by atoms with Crippen molar-refractivity contribution in [1.82, 2.24) is 10.2 Å². The van der Waals surface area contributed by atoms with E-state index in [0.717, 1.165) is 9.35 Å². The van der Waals surface area contributed by atoms with Gasteiger partial charge in [-0.2, -0.15) is 0 Å². The van der Waals surface area contributed by atoms with E-state index < -0.39 is 0 Å². The molecule has 1 rings (SSSR count). The zero-order chi connectivity index (χ0) is 14.4. The molecule has 0 bridgehead atoms. The van der Waals surface area contributed by atoms with E-state index in [1.54, 1.807) is 14.2 Å². The standard InChI is InChI=1S/C12H17BrN2O3S/c1-8-6-9(19-11(8)13)12(17)15(2)7-10(16)14-4-5-18-3/h6H,4-5,7H2,1-3H3,(H,14,16). The largest absolute Gasteiger partial charge is 0.383 e. The van der Waals surface area contributed by atoms with Crippen LogP contribution >= 0.6 is 27.3 Å². The van der Waals surface area contributed by atoms with Gasteiger partial charge >= 0.3 is 0 Å². The van der Waals surface area contributed by atoms with Crippen LogP contribution in [0, 0.1) is 6.92 Å². The van der Waals surface area contributed by atoms with Crippen LogP contribution in [-0.2, 0) is 9.53 Å². The number of carbonyl (C=O) groups excluding carboxylic acids is 2. The first-order valence-electron chi connectivity index (χ1n) is 5.72. The average molecular weight is 349 g/mol. The lowest BCUT2D eigenvalue weighted by Crippen LogP contribution is -2.39. The van der Waals surface area contributed by atoms with Gasteiger partial charge < -0.3 is 15.0 Å². The van der Waals surface area contributed by atoms with Crippen molar-refractivity contribution in [3.63, 3.8) is 0 Å². The molecule has 0 unspecified atom stereocenters. The number of likely N-dealkylation sites (N-methyl/N-ethyl adjacent to an activating group) is 1. The molecule has 0 saturated heterocycles. The smallest absolute Gasteiger partial charge is 0.264 e. The number of amides is 2. The fourth-order valence-corrected chi connectivity index (χ4v) is 2.92. The van der Waals surface area contributed by atoms with Crippen LogP contribution in [0.15, 0.2) is 9.85 Å². The van der Waals surface area contributed by atoms with Crippen LogP contribution in [0.1, 0.15) is 15.2 Å². The van der Waals surface area contributed by atoms with Crippen LogP contribution in [0.25, 0.3) is 0 Å². The highest BCUT2D eigenvalue weighted by Gasteiger charge is 2.17. The van der Waals surface area contributed by atoms with Gasteiger partial charge in [-0.3, -0.25) is 9.59 Å². The fraction of sp³-hybridized carbons (Fsp3) is 0.500. The van der Waals surface area contributed by atoms with Crippen molar-refractivity contribution < 1.29 is 14.3 Å². The highest BCUT2D eigenvalue weighted by molar-refractivity contribution is 9.11. The molecule has 2 amide bonds. The second kappa shape index (κ2) is 7.62. The lowest BCUT2D eigenvalue weighted by Gasteiger charge is -2.15. The van der Waals surface area contributed by atoms with Crippen LogP contribution in [-0.4, -0.2) is 50.6 Å². The van der Waals surface area contributed by atoms with E-state index in [1.165, 1.54) is 16.2 Å². The molecular formula is C12H17BrN2O3S. The molecule has 106 valence electrons. The molecule has 19 heavy (non-hydrogen) atoms. The Kier molecular flexibility index (Phi) is 6.47. The van der Waals surface area contributed by atoms with E-state index in [1.807, 2.05) is 13.0 Å². The predicted molar refractivity (Wildman–Crippen MR) is 78.6 cm³/mol. The molecule has 0 spiro atoms. The maximum atomic E-state index is 12.1. The predicted octanol–water partition coefficient (Wildman–Crippen LogP) is 1.65. The monoisotopic (exact) mass is 348 g/mol. The molecule has 0 atom stereocenters. The third kappa shape index (κ3) is 4.93. The summed E-state index contributed by atoms with van der Waals surface area (Å²) >= 11 is 4.75. The number of hydrogen-bond acceptors (Lipinski definition) is 4. The number of aryl methyl sites for hydroxylation is 1. The molecule has 1 aromatic heterocycles. The van der Waals surface area contributed by atoms with Gasteiger partial charge in [0.25, 0.3) is 5.91 Å². The minimum absolute atomic E-state index is 0.0388. The number of rotatable bonds is 6. The third-order valence-corrected chi connectivity index (χ3v) is 4.55. The van der Waals surface area contributed by atoms with Crippen molar-refractivity contribution in [2.45, 2.75) is 6.92 Å². The Morgan fingerprint density at radius 3 is 2.74 bits per heavy atom. The Hall–Kier alpha value is -0.920. The molecule has 1 aromatic rings. The van der Waals surface area contributed by atoms with E-state index >= 15 is 0 Å². The van der Waals surface area contributed by atoms with E-state index in [4.69, 9.17) is 4.74 Å². The summed E-state index contributed by atoms with van der Waals surface area (Å²) in [5, 5.41) is 2.67. The van der Waals surface area contributed by atoms with Gasteiger partial charge in [-0.15, -0.1) is 11.3 Å². The van der Waals surface area contributed by atoms with Gasteiger partial charge in [0.2, 0.25) is 5.91 Å². The first-order valence-corrected chi connectivity index (χ1v) is 7.33. The minimum atomic E-state index is -0.194. The number of halogens is 1. The number of carbonyl (C=O) groups is 2. The summed E-state index contributed by atoms with van der Waals surface area (Å²) in [7, 11) is 3.18. The van der Waals surface area contributed by atoms with Crippen LogP contribution in [0.3, 0.4) is 0 Å². The van der Waals surface area contributed by atoms with Crippen molar-refractivity contribution in [3.8, 4) is 0 Å². The molecule has 1 heterocycles. The summed E-state index contributed by atoms with van der Waals surface area (Å²) in [6, 6.07) is 1.82. The first-order chi connectivity index (χ1) is 8.95. The van der Waals surface area contributed by atoms with Gasteiger partial charge in [0.1, 0.15) is 0 Å². The van der Waals surface area contributed by atoms with Gasteiger partial charge in [0, 0.05) is 20.7 Å². The van der Waals surface area contributed by atoms with Gasteiger partial charge in [-0.05, 0) is 34.5 Å². The number of methoxy groups -OCH3 is 1. The van der Waals surface area contributed by atoms with E-state index in [-0.39, 0.29) is 18.4 Å². The normalized spacial score (nSPS) is 10.3. The van der Waals surface area contributed by atoms with E-state index in [2.05, 4.69) is 21.2 Å². The maximum Gasteiger partial charge on any atom is 0.264 e. The molecule has 0 aliphatic rings. The van der Waals surface area contributed by atoms with Crippen LogP contribution < -0.4 is 5.32 Å². The molecule has 1 N–H and O–H groups in total. The molecule has 0 saturated carbocycles. The van der Waals surface area contributed by atoms with E-state index in [9.17, 15) is 9.59 Å². The summed E-state index contributed by atoms with van der Waals surface area (Å²) in [4.78, 5) is 25.7. The summed E-state index contributed by atoms with van der Waals surface area (Å²) < 4.78 is 5.77. The third-order valence-electron chi connectivity index (χ3n) is 2.42. The Morgan fingerprint density at radius 2 is 2.21 bits per heavy atom. The molecular weight excluding hydrogens is 332 g/mol. The number of ether oxygens (including phenoxy) is 1. The van der Waals surface area contributed by atoms with Gasteiger partial charge in [-0.1, -0.05) is 0 Å². The summed E-state index contributed by atoms with van der Waals surface area (Å²) in [5.41, 5.74) is 1.02. The van der Waals surface area contributed by atoms with Crippen molar-refractivity contribution >= 4 is 39.1 Å². The molecule has 0 aliphatic carbocycles. The quantitative estimate of drug-likeness (QED) is 0.795. The van der Waals surface area contributed by atoms with Crippen LogP contribution in [0.4, 0.5) is 0 Å². The highest BCUT2D eigenvalue weighted by atomic mass is 79.9. The average Bonchev–Trinajstić information content (AvgIpc) is 2.69. The molecule has 7 heteroatoms. The van der Waals surface area contributed by atoms with Crippen molar-refractivity contribution in [2.24, 2.45) is 0 Å². The van der Waals surface area contributed by atoms with Crippen molar-refractivity contribution in [2.75, 3.05) is 33.9 Å². The molecule has 0 aromatic carbocycles. The molecule has 5 nitrogen and oxygen atoms in total. The second-order valence-corrected chi connectivity index (χ2v) is 6.44. The van der Waals surface area contributed by atoms with Crippen molar-refractivity contribution in [1.29, 1.82) is 0 Å². The van der Waals surface area contributed by atoms with Crippen molar-refractivity contribution in [3.05, 3.63) is 20.3 Å². The summed E-state index contributed by atoms with van der Waals surface area (Å²) in [5.74, 6) is -0.346. The number of thiophene rings is 1. The first kappa shape index (κ1) is 16.1. The lowest BCUT2D eigenvalue weighted by atomic mass is 10.3. The Balaban J connectivity index is 2.51. The Morgan fingerprint density at radius 1 is 1.53 bits per heavy atom. The minimum Gasteiger partial charge on any atom is -0.383 e. The maximum absolute atomic E-state index is 12.1. The SMILES string of the molecule is COCCNC(=O)CN(C)C(=O)c1cc(C)c(Br)s1. The molecule has 0 aliphatic heterocycles. The fourth-order valence-electron chi connectivity index (χ4n) is 1.39. The van der Waals surface area contributed by atoms with Crippen LogP contribution in [0.5, 0.6) is 0 Å². The summed E-state index contributed by atoms with van der Waals surface area (Å²) in [6.07, 6.45) is 0. The van der Waals surface area contributed by atoms with Gasteiger partial charge in [0.05, 0.1) is 21.8 Å². The molecule has 0 fully saturated rings. The Bertz CT molecular complexity index is 442. The van der Waals surface area contributed by atoms with E-state index in [0.29, 0.717) is 18.0 Å².